The van der Waals surface area contributed by atoms with E-state index in [0.29, 0.717) is 12.1 Å². The van der Waals surface area contributed by atoms with E-state index in [1.807, 2.05) is 11.8 Å². The summed E-state index contributed by atoms with van der Waals surface area (Å²) in [4.78, 5) is 2.63. The van der Waals surface area contributed by atoms with Crippen LogP contribution in [0.3, 0.4) is 0 Å². The van der Waals surface area contributed by atoms with E-state index in [-0.39, 0.29) is 0 Å². The molecule has 0 aliphatic rings. The van der Waals surface area contributed by atoms with Crippen molar-refractivity contribution >= 4 is 11.8 Å². The Kier molecular flexibility index (Phi) is 10.6. The maximum absolute atomic E-state index is 3.51. The number of thioether (sulfide) groups is 1. The molecule has 2 atom stereocenters. The van der Waals surface area contributed by atoms with E-state index in [1.54, 1.807) is 0 Å². The Balaban J connectivity index is 3.83. The Bertz CT molecular complexity index is 143. The zero-order chi connectivity index (χ0) is 12.4. The van der Waals surface area contributed by atoms with Crippen molar-refractivity contribution in [2.75, 3.05) is 31.6 Å². The van der Waals surface area contributed by atoms with Crippen LogP contribution in [-0.4, -0.2) is 48.6 Å². The minimum Gasteiger partial charge on any atom is -0.315 e. The Labute approximate surface area is 107 Å². The van der Waals surface area contributed by atoms with Crippen LogP contribution in [0.25, 0.3) is 0 Å². The molecule has 0 aromatic rings. The fourth-order valence-electron chi connectivity index (χ4n) is 1.85. The zero-order valence-corrected chi connectivity index (χ0v) is 12.6. The van der Waals surface area contributed by atoms with Gasteiger partial charge in [-0.2, -0.15) is 11.8 Å². The van der Waals surface area contributed by atoms with Gasteiger partial charge in [-0.1, -0.05) is 13.8 Å². The first-order valence-electron chi connectivity index (χ1n) is 6.62. The molecule has 2 unspecified atom stereocenters. The number of rotatable bonds is 10. The zero-order valence-electron chi connectivity index (χ0n) is 11.8. The molecule has 98 valence electrons. The number of hydrogen-bond donors (Lipinski definition) is 1. The third-order valence-corrected chi connectivity index (χ3v) is 3.96. The first-order chi connectivity index (χ1) is 7.67. The van der Waals surface area contributed by atoms with Crippen LogP contribution in [0.5, 0.6) is 0 Å². The fourth-order valence-corrected chi connectivity index (χ4v) is 2.20. The molecule has 0 aliphatic carbocycles. The minimum atomic E-state index is 0.706. The topological polar surface area (TPSA) is 15.3 Å². The van der Waals surface area contributed by atoms with Crippen LogP contribution in [0.2, 0.25) is 0 Å². The first kappa shape index (κ1) is 16.3. The summed E-state index contributed by atoms with van der Waals surface area (Å²) >= 11 is 1.91. The lowest BCUT2D eigenvalue weighted by Gasteiger charge is -2.33. The third-order valence-electron chi connectivity index (χ3n) is 3.34. The minimum absolute atomic E-state index is 0.706. The van der Waals surface area contributed by atoms with Crippen molar-refractivity contribution in [2.45, 2.75) is 52.6 Å². The molecule has 16 heavy (non-hydrogen) atoms. The number of nitrogens with zero attached hydrogens (tertiary/aromatic N) is 1. The lowest BCUT2D eigenvalue weighted by Crippen LogP contribution is -2.43. The summed E-state index contributed by atoms with van der Waals surface area (Å²) in [6.07, 6.45) is 4.65. The standard InChI is InChI=1S/C13H30N2S/c1-6-12(3)15(13(4)7-2)10-8-14-9-11-16-5/h12-14H,6-11H2,1-5H3. The second-order valence-electron chi connectivity index (χ2n) is 4.50. The number of nitrogens with one attached hydrogen (secondary N) is 1. The van der Waals surface area contributed by atoms with E-state index in [4.69, 9.17) is 0 Å². The van der Waals surface area contributed by atoms with Gasteiger partial charge in [0.15, 0.2) is 0 Å². The largest absolute Gasteiger partial charge is 0.315 e. The van der Waals surface area contributed by atoms with Crippen molar-refractivity contribution in [2.24, 2.45) is 0 Å². The maximum Gasteiger partial charge on any atom is 0.0112 e. The molecule has 0 fully saturated rings. The predicted octanol–water partition coefficient (Wildman–Crippen LogP) is 2.84. The third kappa shape index (κ3) is 6.77. The molecule has 0 heterocycles. The molecule has 3 heteroatoms. The van der Waals surface area contributed by atoms with Gasteiger partial charge in [-0.15, -0.1) is 0 Å². The van der Waals surface area contributed by atoms with Crippen molar-refractivity contribution in [1.29, 1.82) is 0 Å². The Morgan fingerprint density at radius 3 is 2.06 bits per heavy atom. The Morgan fingerprint density at radius 1 is 1.06 bits per heavy atom. The van der Waals surface area contributed by atoms with Crippen LogP contribution in [0.15, 0.2) is 0 Å². The maximum atomic E-state index is 3.51. The van der Waals surface area contributed by atoms with Gasteiger partial charge in [0.2, 0.25) is 0 Å². The Hall–Kier alpha value is 0.270. The fraction of sp³-hybridized carbons (Fsp3) is 1.00. The van der Waals surface area contributed by atoms with Crippen LogP contribution >= 0.6 is 11.8 Å². The van der Waals surface area contributed by atoms with Gasteiger partial charge in [0.25, 0.3) is 0 Å². The highest BCUT2D eigenvalue weighted by Gasteiger charge is 2.16. The molecule has 0 spiro atoms. The summed E-state index contributed by atoms with van der Waals surface area (Å²) in [5.41, 5.74) is 0. The van der Waals surface area contributed by atoms with Gasteiger partial charge in [0.1, 0.15) is 0 Å². The molecule has 0 radical (unpaired) electrons. The lowest BCUT2D eigenvalue weighted by molar-refractivity contribution is 0.147. The molecule has 0 amide bonds. The van der Waals surface area contributed by atoms with E-state index in [0.717, 1.165) is 13.1 Å². The van der Waals surface area contributed by atoms with E-state index < -0.39 is 0 Å². The summed E-state index contributed by atoms with van der Waals surface area (Å²) in [7, 11) is 0. The lowest BCUT2D eigenvalue weighted by atomic mass is 10.1. The summed E-state index contributed by atoms with van der Waals surface area (Å²) in [6.45, 7) is 12.7. The van der Waals surface area contributed by atoms with Gasteiger partial charge >= 0.3 is 0 Å². The monoisotopic (exact) mass is 246 g/mol. The van der Waals surface area contributed by atoms with Crippen LogP contribution in [0, 0.1) is 0 Å². The molecular weight excluding hydrogens is 216 g/mol. The molecule has 0 bridgehead atoms. The first-order valence-corrected chi connectivity index (χ1v) is 8.02. The average molecular weight is 246 g/mol. The molecular formula is C13H30N2S. The highest BCUT2D eigenvalue weighted by molar-refractivity contribution is 7.98. The molecule has 1 N–H and O–H groups in total. The van der Waals surface area contributed by atoms with Gasteiger partial charge < -0.3 is 5.32 Å². The summed E-state index contributed by atoms with van der Waals surface area (Å²) in [6, 6.07) is 1.41. The van der Waals surface area contributed by atoms with Crippen LogP contribution < -0.4 is 5.32 Å². The molecule has 0 saturated heterocycles. The summed E-state index contributed by atoms with van der Waals surface area (Å²) < 4.78 is 0. The highest BCUT2D eigenvalue weighted by atomic mass is 32.2. The molecule has 2 nitrogen and oxygen atoms in total. The van der Waals surface area contributed by atoms with E-state index in [2.05, 4.69) is 44.2 Å². The van der Waals surface area contributed by atoms with Crippen LogP contribution in [0.1, 0.15) is 40.5 Å². The van der Waals surface area contributed by atoms with Crippen molar-refractivity contribution < 1.29 is 0 Å². The normalized spacial score (nSPS) is 15.4. The highest BCUT2D eigenvalue weighted by Crippen LogP contribution is 2.10. The van der Waals surface area contributed by atoms with Gasteiger partial charge in [-0.3, -0.25) is 4.90 Å². The second kappa shape index (κ2) is 10.4. The van der Waals surface area contributed by atoms with Crippen molar-refractivity contribution in [3.8, 4) is 0 Å². The molecule has 0 aromatic carbocycles. The molecule has 0 aromatic heterocycles. The van der Waals surface area contributed by atoms with Gasteiger partial charge in [0.05, 0.1) is 0 Å². The molecule has 0 saturated carbocycles. The van der Waals surface area contributed by atoms with Gasteiger partial charge in [0, 0.05) is 37.5 Å². The quantitative estimate of drug-likeness (QED) is 0.597. The summed E-state index contributed by atoms with van der Waals surface area (Å²) in [5.74, 6) is 1.21. The van der Waals surface area contributed by atoms with E-state index in [9.17, 15) is 0 Å². The van der Waals surface area contributed by atoms with Gasteiger partial charge in [-0.05, 0) is 32.9 Å². The Morgan fingerprint density at radius 2 is 1.62 bits per heavy atom. The average Bonchev–Trinajstić information content (AvgIpc) is 2.32. The van der Waals surface area contributed by atoms with Crippen LogP contribution in [-0.2, 0) is 0 Å². The van der Waals surface area contributed by atoms with E-state index >= 15 is 0 Å². The van der Waals surface area contributed by atoms with Crippen molar-refractivity contribution in [1.82, 2.24) is 10.2 Å². The summed E-state index contributed by atoms with van der Waals surface area (Å²) in [5, 5.41) is 3.51. The molecule has 0 aliphatic heterocycles. The number of hydrogen-bond acceptors (Lipinski definition) is 3. The SMILES string of the molecule is CCC(C)N(CCNCCSC)C(C)CC. The van der Waals surface area contributed by atoms with Gasteiger partial charge in [-0.25, -0.2) is 0 Å². The van der Waals surface area contributed by atoms with Crippen molar-refractivity contribution in [3.63, 3.8) is 0 Å². The van der Waals surface area contributed by atoms with E-state index in [1.165, 1.54) is 25.1 Å². The van der Waals surface area contributed by atoms with Crippen LogP contribution in [0.4, 0.5) is 0 Å². The smallest absolute Gasteiger partial charge is 0.0112 e. The second-order valence-corrected chi connectivity index (χ2v) is 5.48. The molecule has 0 rings (SSSR count). The van der Waals surface area contributed by atoms with Crippen molar-refractivity contribution in [3.05, 3.63) is 0 Å². The predicted molar refractivity (Wildman–Crippen MR) is 77.5 cm³/mol.